The molecule has 0 bridgehead atoms. The second-order valence-corrected chi connectivity index (χ2v) is 3.93. The summed E-state index contributed by atoms with van der Waals surface area (Å²) in [6, 6.07) is 2.80. The fourth-order valence-electron chi connectivity index (χ4n) is 1.22. The molecule has 0 aliphatic heterocycles. The lowest BCUT2D eigenvalue weighted by molar-refractivity contribution is -0.384. The molecule has 0 spiro atoms. The van der Waals surface area contributed by atoms with Gasteiger partial charge in [0.2, 0.25) is 0 Å². The molecule has 6 heteroatoms. The van der Waals surface area contributed by atoms with Gasteiger partial charge >= 0.3 is 0 Å². The highest BCUT2D eigenvalue weighted by Gasteiger charge is 2.21. The molecule has 0 unspecified atom stereocenters. The predicted molar refractivity (Wildman–Crippen MR) is 60.3 cm³/mol. The molecule has 0 N–H and O–H groups in total. The van der Waals surface area contributed by atoms with Gasteiger partial charge in [-0.15, -0.1) is 0 Å². The number of non-ortho nitro benzene ring substituents is 1. The van der Waals surface area contributed by atoms with Gasteiger partial charge in [0.05, 0.1) is 10.5 Å². The fourth-order valence-corrected chi connectivity index (χ4v) is 1.22. The van der Waals surface area contributed by atoms with E-state index in [9.17, 15) is 19.3 Å². The lowest BCUT2D eigenvalue weighted by Crippen LogP contribution is -2.33. The number of hydrogen-bond acceptors (Lipinski definition) is 3. The van der Waals surface area contributed by atoms with Gasteiger partial charge < -0.3 is 4.90 Å². The number of carbonyl (C=O) groups is 1. The molecule has 5 nitrogen and oxygen atoms in total. The maximum absolute atomic E-state index is 13.4. The Bertz CT molecular complexity index is 460. The van der Waals surface area contributed by atoms with Crippen molar-refractivity contribution in [2.24, 2.45) is 0 Å². The second kappa shape index (κ2) is 4.90. The Labute approximate surface area is 98.0 Å². The number of amides is 1. The molecule has 0 aliphatic rings. The van der Waals surface area contributed by atoms with Crippen molar-refractivity contribution >= 4 is 11.6 Å². The van der Waals surface area contributed by atoms with Crippen LogP contribution in [-0.4, -0.2) is 28.8 Å². The molecule has 0 saturated carbocycles. The molecular formula is C11H13FN2O3. The Morgan fingerprint density at radius 1 is 1.47 bits per heavy atom. The van der Waals surface area contributed by atoms with Gasteiger partial charge in [0.1, 0.15) is 5.82 Å². The first kappa shape index (κ1) is 13.1. The second-order valence-electron chi connectivity index (χ2n) is 3.93. The maximum atomic E-state index is 13.4. The van der Waals surface area contributed by atoms with Crippen molar-refractivity contribution in [3.8, 4) is 0 Å². The summed E-state index contributed by atoms with van der Waals surface area (Å²) in [6.45, 7) is 3.54. The first-order valence-corrected chi connectivity index (χ1v) is 5.05. The topological polar surface area (TPSA) is 63.5 Å². The maximum Gasteiger partial charge on any atom is 0.270 e. The molecule has 17 heavy (non-hydrogen) atoms. The molecule has 1 rings (SSSR count). The highest BCUT2D eigenvalue weighted by Crippen LogP contribution is 2.18. The zero-order chi connectivity index (χ0) is 13.2. The molecule has 92 valence electrons. The zero-order valence-electron chi connectivity index (χ0n) is 9.81. The normalized spacial score (nSPS) is 10.4. The van der Waals surface area contributed by atoms with Gasteiger partial charge in [-0.25, -0.2) is 4.39 Å². The van der Waals surface area contributed by atoms with Crippen LogP contribution in [0.3, 0.4) is 0 Å². The van der Waals surface area contributed by atoms with Gasteiger partial charge in [0.15, 0.2) is 0 Å². The van der Waals surface area contributed by atoms with Crippen LogP contribution in [0.15, 0.2) is 18.2 Å². The number of nitro benzene ring substituents is 1. The quantitative estimate of drug-likeness (QED) is 0.601. The smallest absolute Gasteiger partial charge is 0.270 e. The van der Waals surface area contributed by atoms with Crippen LogP contribution in [0.4, 0.5) is 10.1 Å². The van der Waals surface area contributed by atoms with Gasteiger partial charge in [-0.05, 0) is 19.9 Å². The number of halogens is 1. The van der Waals surface area contributed by atoms with Crippen molar-refractivity contribution in [1.29, 1.82) is 0 Å². The Hall–Kier alpha value is -1.98. The first-order valence-electron chi connectivity index (χ1n) is 5.05. The van der Waals surface area contributed by atoms with E-state index in [-0.39, 0.29) is 17.3 Å². The van der Waals surface area contributed by atoms with E-state index in [2.05, 4.69) is 0 Å². The van der Waals surface area contributed by atoms with E-state index < -0.39 is 16.6 Å². The molecule has 0 heterocycles. The van der Waals surface area contributed by atoms with E-state index in [4.69, 9.17) is 0 Å². The molecule has 1 amide bonds. The van der Waals surface area contributed by atoms with E-state index in [0.29, 0.717) is 0 Å². The fraction of sp³-hybridized carbons (Fsp3) is 0.364. The van der Waals surface area contributed by atoms with Crippen LogP contribution < -0.4 is 0 Å². The average molecular weight is 240 g/mol. The van der Waals surface area contributed by atoms with Gasteiger partial charge in [-0.3, -0.25) is 14.9 Å². The lowest BCUT2D eigenvalue weighted by Gasteiger charge is -2.21. The number of nitrogens with zero attached hydrogens (tertiary/aromatic N) is 2. The lowest BCUT2D eigenvalue weighted by atomic mass is 10.1. The van der Waals surface area contributed by atoms with E-state index in [1.807, 2.05) is 0 Å². The Morgan fingerprint density at radius 2 is 2.06 bits per heavy atom. The minimum absolute atomic E-state index is 0.110. The monoisotopic (exact) mass is 240 g/mol. The minimum atomic E-state index is -0.756. The summed E-state index contributed by atoms with van der Waals surface area (Å²) in [6.07, 6.45) is 0. The molecule has 0 fully saturated rings. The molecule has 1 aromatic carbocycles. The molecular weight excluding hydrogens is 227 g/mol. The summed E-state index contributed by atoms with van der Waals surface area (Å²) in [7, 11) is 1.52. The molecule has 0 aliphatic carbocycles. The molecule has 0 aromatic heterocycles. The Kier molecular flexibility index (Phi) is 3.77. The third kappa shape index (κ3) is 2.77. The molecule has 0 saturated heterocycles. The van der Waals surface area contributed by atoms with Crippen molar-refractivity contribution in [3.63, 3.8) is 0 Å². The Balaban J connectivity index is 3.17. The van der Waals surface area contributed by atoms with E-state index in [1.54, 1.807) is 13.8 Å². The minimum Gasteiger partial charge on any atom is -0.339 e. The summed E-state index contributed by atoms with van der Waals surface area (Å²) in [4.78, 5) is 23.1. The van der Waals surface area contributed by atoms with Gasteiger partial charge in [0, 0.05) is 25.2 Å². The number of nitro groups is 1. The summed E-state index contributed by atoms with van der Waals surface area (Å²) >= 11 is 0. The van der Waals surface area contributed by atoms with Crippen molar-refractivity contribution in [1.82, 2.24) is 4.90 Å². The largest absolute Gasteiger partial charge is 0.339 e. The predicted octanol–water partition coefficient (Wildman–Crippen LogP) is 2.21. The van der Waals surface area contributed by atoms with E-state index >= 15 is 0 Å². The average Bonchev–Trinajstić information content (AvgIpc) is 2.27. The highest BCUT2D eigenvalue weighted by molar-refractivity contribution is 5.95. The van der Waals surface area contributed by atoms with Crippen LogP contribution in [0.1, 0.15) is 24.2 Å². The van der Waals surface area contributed by atoms with Crippen LogP contribution in [0.25, 0.3) is 0 Å². The highest BCUT2D eigenvalue weighted by atomic mass is 19.1. The van der Waals surface area contributed by atoms with Crippen LogP contribution >= 0.6 is 0 Å². The van der Waals surface area contributed by atoms with E-state index in [1.165, 1.54) is 11.9 Å². The summed E-state index contributed by atoms with van der Waals surface area (Å²) in [5.41, 5.74) is -0.581. The van der Waals surface area contributed by atoms with Crippen molar-refractivity contribution in [2.75, 3.05) is 7.05 Å². The molecule has 0 radical (unpaired) electrons. The van der Waals surface area contributed by atoms with Crippen LogP contribution in [0, 0.1) is 15.9 Å². The van der Waals surface area contributed by atoms with Crippen molar-refractivity contribution in [3.05, 3.63) is 39.7 Å². The number of hydrogen-bond donors (Lipinski definition) is 0. The SMILES string of the molecule is CC(C)N(C)C(=O)c1cc([N+](=O)[O-])ccc1F. The number of carbonyl (C=O) groups excluding carboxylic acids is 1. The number of rotatable bonds is 3. The van der Waals surface area contributed by atoms with Crippen LogP contribution in [-0.2, 0) is 0 Å². The first-order chi connectivity index (χ1) is 7.84. The number of benzene rings is 1. The van der Waals surface area contributed by atoms with E-state index in [0.717, 1.165) is 18.2 Å². The zero-order valence-corrected chi connectivity index (χ0v) is 9.81. The molecule has 1 aromatic rings. The van der Waals surface area contributed by atoms with Crippen molar-refractivity contribution < 1.29 is 14.1 Å². The van der Waals surface area contributed by atoms with Crippen molar-refractivity contribution in [2.45, 2.75) is 19.9 Å². The third-order valence-corrected chi connectivity index (χ3v) is 2.49. The van der Waals surface area contributed by atoms with Gasteiger partial charge in [-0.2, -0.15) is 0 Å². The standard InChI is InChI=1S/C11H13FN2O3/c1-7(2)13(3)11(15)9-6-8(14(16)17)4-5-10(9)12/h4-7H,1-3H3. The van der Waals surface area contributed by atoms with Crippen LogP contribution in [0.5, 0.6) is 0 Å². The summed E-state index contributed by atoms with van der Waals surface area (Å²) < 4.78 is 13.4. The third-order valence-electron chi connectivity index (χ3n) is 2.49. The molecule has 0 atom stereocenters. The van der Waals surface area contributed by atoms with Crippen LogP contribution in [0.2, 0.25) is 0 Å². The summed E-state index contributed by atoms with van der Waals surface area (Å²) in [5, 5.41) is 10.5. The Morgan fingerprint density at radius 3 is 2.53 bits per heavy atom. The van der Waals surface area contributed by atoms with Gasteiger partial charge in [0.25, 0.3) is 11.6 Å². The summed E-state index contributed by atoms with van der Waals surface area (Å²) in [5.74, 6) is -1.32. The van der Waals surface area contributed by atoms with Gasteiger partial charge in [-0.1, -0.05) is 0 Å².